The Labute approximate surface area is 192 Å². The zero-order chi connectivity index (χ0) is 22.8. The van der Waals surface area contributed by atoms with Gasteiger partial charge in [0.05, 0.1) is 28.2 Å². The van der Waals surface area contributed by atoms with Gasteiger partial charge in [0.1, 0.15) is 0 Å². The van der Waals surface area contributed by atoms with E-state index in [-0.39, 0.29) is 11.9 Å². The van der Waals surface area contributed by atoms with E-state index >= 15 is 0 Å². The Morgan fingerprint density at radius 3 is 2.76 bits per heavy atom. The summed E-state index contributed by atoms with van der Waals surface area (Å²) in [4.78, 5) is 21.6. The van der Waals surface area contributed by atoms with Gasteiger partial charge >= 0.3 is 0 Å². The van der Waals surface area contributed by atoms with E-state index in [1.54, 1.807) is 6.20 Å². The third kappa shape index (κ3) is 4.19. The molecule has 4 heterocycles. The third-order valence-corrected chi connectivity index (χ3v) is 7.06. The van der Waals surface area contributed by atoms with Crippen molar-refractivity contribution in [3.8, 4) is 11.5 Å². The lowest BCUT2D eigenvalue weighted by Crippen LogP contribution is -2.40. The Kier molecular flexibility index (Phi) is 6.01. The number of anilines is 1. The molecule has 0 radical (unpaired) electrons. The topological polar surface area (TPSA) is 134 Å². The molecule has 1 aliphatic carbocycles. The lowest BCUT2D eigenvalue weighted by atomic mass is 9.71. The van der Waals surface area contributed by atoms with E-state index < -0.39 is 5.41 Å². The number of carbonyl (C=O) groups excluding carboxylic acids is 1. The molecule has 1 saturated heterocycles. The highest BCUT2D eigenvalue weighted by atomic mass is 16.5. The van der Waals surface area contributed by atoms with E-state index in [0.29, 0.717) is 18.1 Å². The predicted molar refractivity (Wildman–Crippen MR) is 122 cm³/mol. The summed E-state index contributed by atoms with van der Waals surface area (Å²) in [7, 11) is 0. The first-order valence-corrected chi connectivity index (χ1v) is 11.9. The predicted octanol–water partition coefficient (Wildman–Crippen LogP) is 3.07. The van der Waals surface area contributed by atoms with Gasteiger partial charge in [-0.15, -0.1) is 0 Å². The minimum atomic E-state index is -0.590. The number of nitrogens with zero attached hydrogens (tertiary/aromatic N) is 5. The highest BCUT2D eigenvalue weighted by Gasteiger charge is 2.39. The van der Waals surface area contributed by atoms with Crippen molar-refractivity contribution in [3.05, 3.63) is 18.2 Å². The first-order valence-electron chi connectivity index (χ1n) is 11.9. The second-order valence-electron chi connectivity index (χ2n) is 9.17. The molecule has 0 spiro atoms. The zero-order valence-electron chi connectivity index (χ0n) is 19.0. The van der Waals surface area contributed by atoms with E-state index in [1.807, 2.05) is 17.8 Å². The molecule has 0 aromatic carbocycles. The maximum absolute atomic E-state index is 12.3. The lowest BCUT2D eigenvalue weighted by molar-refractivity contribution is -0.129. The summed E-state index contributed by atoms with van der Waals surface area (Å²) < 4.78 is 13.1. The van der Waals surface area contributed by atoms with E-state index in [9.17, 15) is 4.79 Å². The van der Waals surface area contributed by atoms with Crippen molar-refractivity contribution < 1.29 is 14.1 Å². The average molecular weight is 454 g/mol. The first-order chi connectivity index (χ1) is 16.1. The second kappa shape index (κ2) is 9.09. The number of carbonyl (C=O) groups is 1. The molecule has 1 saturated carbocycles. The van der Waals surface area contributed by atoms with Crippen LogP contribution < -0.4 is 11.1 Å². The van der Waals surface area contributed by atoms with Gasteiger partial charge in [-0.2, -0.15) is 10.1 Å². The Hall–Kier alpha value is -3.01. The molecule has 2 aliphatic rings. The van der Waals surface area contributed by atoms with Crippen molar-refractivity contribution in [2.24, 2.45) is 11.1 Å². The summed E-state index contributed by atoms with van der Waals surface area (Å²) in [6, 6.07) is 0.274. The number of hydrogen-bond acceptors (Lipinski definition) is 8. The Morgan fingerprint density at radius 2 is 2.03 bits per heavy atom. The van der Waals surface area contributed by atoms with Crippen LogP contribution in [0.15, 0.2) is 16.9 Å². The number of pyridine rings is 1. The summed E-state index contributed by atoms with van der Waals surface area (Å²) in [5.74, 6) is 0.617. The molecule has 3 aromatic rings. The molecule has 0 unspecified atom stereocenters. The van der Waals surface area contributed by atoms with E-state index in [1.165, 1.54) is 0 Å². The highest BCUT2D eigenvalue weighted by molar-refractivity contribution is 5.96. The van der Waals surface area contributed by atoms with Crippen molar-refractivity contribution in [3.63, 3.8) is 0 Å². The molecule has 3 aromatic heterocycles. The highest BCUT2D eigenvalue weighted by Crippen LogP contribution is 2.39. The van der Waals surface area contributed by atoms with Crippen LogP contribution in [0, 0.1) is 5.41 Å². The van der Waals surface area contributed by atoms with Crippen molar-refractivity contribution in [2.75, 3.05) is 18.5 Å². The average Bonchev–Trinajstić information content (AvgIpc) is 3.47. The van der Waals surface area contributed by atoms with E-state index in [2.05, 4.69) is 25.5 Å². The molecule has 3 N–H and O–H groups in total. The molecular formula is C23H31N7O3. The maximum atomic E-state index is 12.3. The fourth-order valence-corrected chi connectivity index (χ4v) is 5.10. The lowest BCUT2D eigenvalue weighted by Gasteiger charge is -2.33. The Bertz CT molecular complexity index is 1130. The van der Waals surface area contributed by atoms with Gasteiger partial charge < -0.3 is 20.3 Å². The standard InChI is InChI=1S/C23H31N7O3/c1-2-30-20-16(14-26-30)19(27-15-6-10-32-11-7-15)17(13-25-20)21-28-18(29-33-21)12-23(22(24)31)8-4-3-5-9-23/h13-15H,2-12H2,1H3,(H2,24,31)(H,25,27). The second-order valence-corrected chi connectivity index (χ2v) is 9.17. The normalized spacial score (nSPS) is 19.1. The maximum Gasteiger partial charge on any atom is 0.261 e. The number of aromatic nitrogens is 5. The first kappa shape index (κ1) is 21.8. The molecule has 33 heavy (non-hydrogen) atoms. The SMILES string of the molecule is CCn1ncc2c(NC3CCOCC3)c(-c3nc(CC4(C(N)=O)CCCCC4)no3)cnc21. The van der Waals surface area contributed by atoms with Crippen molar-refractivity contribution in [1.82, 2.24) is 24.9 Å². The molecular weight excluding hydrogens is 422 g/mol. The number of aryl methyl sites for hydroxylation is 1. The molecule has 2 fully saturated rings. The van der Waals surface area contributed by atoms with Crippen molar-refractivity contribution in [2.45, 2.75) is 70.9 Å². The largest absolute Gasteiger partial charge is 0.381 e. The van der Waals surface area contributed by atoms with Crippen LogP contribution in [0.3, 0.4) is 0 Å². The van der Waals surface area contributed by atoms with Gasteiger partial charge in [-0.25, -0.2) is 9.67 Å². The van der Waals surface area contributed by atoms with Crippen molar-refractivity contribution >= 4 is 22.6 Å². The van der Waals surface area contributed by atoms with Crippen molar-refractivity contribution in [1.29, 1.82) is 0 Å². The Morgan fingerprint density at radius 1 is 1.24 bits per heavy atom. The van der Waals surface area contributed by atoms with Gasteiger partial charge in [-0.3, -0.25) is 4.79 Å². The molecule has 10 heteroatoms. The van der Waals surface area contributed by atoms with Gasteiger partial charge in [0.15, 0.2) is 11.5 Å². The van der Waals surface area contributed by atoms with Crippen LogP contribution >= 0.6 is 0 Å². The van der Waals surface area contributed by atoms with Gasteiger partial charge in [0, 0.05) is 38.4 Å². The van der Waals surface area contributed by atoms with Crippen LogP contribution in [-0.4, -0.2) is 50.1 Å². The zero-order valence-corrected chi connectivity index (χ0v) is 19.0. The minimum Gasteiger partial charge on any atom is -0.381 e. The molecule has 5 rings (SSSR count). The fourth-order valence-electron chi connectivity index (χ4n) is 5.10. The van der Waals surface area contributed by atoms with Crippen LogP contribution in [0.2, 0.25) is 0 Å². The summed E-state index contributed by atoms with van der Waals surface area (Å²) in [6.45, 7) is 4.23. The summed E-state index contributed by atoms with van der Waals surface area (Å²) in [5, 5.41) is 13.3. The molecule has 176 valence electrons. The number of amides is 1. The number of fused-ring (bicyclic) bond motifs is 1. The van der Waals surface area contributed by atoms with Crippen LogP contribution in [-0.2, 0) is 22.5 Å². The summed E-state index contributed by atoms with van der Waals surface area (Å²) in [5.41, 5.74) is 7.66. The molecule has 1 aliphatic heterocycles. The smallest absolute Gasteiger partial charge is 0.261 e. The Balaban J connectivity index is 1.49. The molecule has 1 amide bonds. The molecule has 10 nitrogen and oxygen atoms in total. The monoisotopic (exact) mass is 453 g/mol. The number of primary amides is 1. The molecule has 0 atom stereocenters. The molecule has 0 bridgehead atoms. The van der Waals surface area contributed by atoms with E-state index in [0.717, 1.165) is 87.0 Å². The van der Waals surface area contributed by atoms with Gasteiger partial charge in [-0.05, 0) is 32.6 Å². The van der Waals surface area contributed by atoms with Crippen LogP contribution in [0.4, 0.5) is 5.69 Å². The number of ether oxygens (including phenoxy) is 1. The van der Waals surface area contributed by atoms with Gasteiger partial charge in [0.25, 0.3) is 5.89 Å². The van der Waals surface area contributed by atoms with Gasteiger partial charge in [0.2, 0.25) is 5.91 Å². The van der Waals surface area contributed by atoms with Crippen LogP contribution in [0.25, 0.3) is 22.5 Å². The third-order valence-electron chi connectivity index (χ3n) is 7.06. The fraction of sp³-hybridized carbons (Fsp3) is 0.609. The summed E-state index contributed by atoms with van der Waals surface area (Å²) >= 11 is 0. The van der Waals surface area contributed by atoms with Gasteiger partial charge in [-0.1, -0.05) is 24.4 Å². The van der Waals surface area contributed by atoms with Crippen LogP contribution in [0.1, 0.15) is 57.7 Å². The number of nitrogens with two attached hydrogens (primary N) is 1. The number of rotatable bonds is 7. The quantitative estimate of drug-likeness (QED) is 0.557. The summed E-state index contributed by atoms with van der Waals surface area (Å²) in [6.07, 6.45) is 10.5. The van der Waals surface area contributed by atoms with Crippen LogP contribution in [0.5, 0.6) is 0 Å². The number of nitrogens with one attached hydrogen (secondary N) is 1. The number of hydrogen-bond donors (Lipinski definition) is 2. The van der Waals surface area contributed by atoms with E-state index in [4.69, 9.17) is 15.0 Å². The minimum absolute atomic E-state index is 0.273.